The van der Waals surface area contributed by atoms with Crippen molar-refractivity contribution in [1.29, 1.82) is 0 Å². The number of carbonyl (C=O) groups is 2. The van der Waals surface area contributed by atoms with Gasteiger partial charge in [0, 0.05) is 12.6 Å². The third kappa shape index (κ3) is 7.82. The van der Waals surface area contributed by atoms with Gasteiger partial charge in [0.15, 0.2) is 0 Å². The summed E-state index contributed by atoms with van der Waals surface area (Å²) in [7, 11) is -1.20. The lowest BCUT2D eigenvalue weighted by atomic mass is 10.1. The summed E-state index contributed by atoms with van der Waals surface area (Å²) in [6.45, 7) is 8.72. The van der Waals surface area contributed by atoms with Gasteiger partial charge in [-0.1, -0.05) is 42.8 Å². The van der Waals surface area contributed by atoms with Gasteiger partial charge in [0.2, 0.25) is 11.8 Å². The van der Waals surface area contributed by atoms with Gasteiger partial charge in [-0.05, 0) is 81.6 Å². The fourth-order valence-electron chi connectivity index (χ4n) is 4.32. The first-order valence-corrected chi connectivity index (χ1v) is 15.3. The van der Waals surface area contributed by atoms with Gasteiger partial charge in [0.1, 0.15) is 24.1 Å². The molecule has 2 unspecified atom stereocenters. The molecule has 2 amide bonds. The van der Waals surface area contributed by atoms with E-state index in [0.29, 0.717) is 11.5 Å². The average Bonchev–Trinajstić information content (AvgIpc) is 2.98. The second-order valence-corrected chi connectivity index (χ2v) is 12.2. The monoisotopic (exact) mass is 595 g/mol. The average molecular weight is 596 g/mol. The second kappa shape index (κ2) is 14.2. The normalized spacial score (nSPS) is 12.6. The van der Waals surface area contributed by atoms with Crippen LogP contribution in [0.5, 0.6) is 11.5 Å². The van der Waals surface area contributed by atoms with Crippen LogP contribution in [0.1, 0.15) is 43.9 Å². The Morgan fingerprint density at radius 3 is 2.07 bits per heavy atom. The predicted octanol–water partition coefficient (Wildman–Crippen LogP) is 4.85. The molecule has 2 atom stereocenters. The molecular weight excluding hydrogens is 554 g/mol. The summed E-state index contributed by atoms with van der Waals surface area (Å²) >= 11 is 0. The van der Waals surface area contributed by atoms with Gasteiger partial charge >= 0.3 is 0 Å². The quantitative estimate of drug-likeness (QED) is 0.303. The maximum absolute atomic E-state index is 14.1. The molecule has 0 bridgehead atoms. The largest absolute Gasteiger partial charge is 0.497 e. The van der Waals surface area contributed by atoms with Crippen molar-refractivity contribution in [3.05, 3.63) is 83.4 Å². The minimum absolute atomic E-state index is 0.0359. The van der Waals surface area contributed by atoms with Crippen molar-refractivity contribution >= 4 is 27.5 Å². The van der Waals surface area contributed by atoms with Crippen LogP contribution in [-0.2, 0) is 26.2 Å². The van der Waals surface area contributed by atoms with Crippen LogP contribution in [0.3, 0.4) is 0 Å². The molecule has 0 aliphatic rings. The zero-order chi connectivity index (χ0) is 31.0. The summed E-state index contributed by atoms with van der Waals surface area (Å²) in [5.41, 5.74) is 2.68. The number of nitrogens with one attached hydrogen (secondary N) is 1. The first-order valence-electron chi connectivity index (χ1n) is 13.9. The highest BCUT2D eigenvalue weighted by Gasteiger charge is 2.34. The van der Waals surface area contributed by atoms with E-state index in [-0.39, 0.29) is 29.1 Å². The zero-order valence-corrected chi connectivity index (χ0v) is 26.2. The first kappa shape index (κ1) is 32.5. The topological polar surface area (TPSA) is 105 Å². The van der Waals surface area contributed by atoms with Crippen LogP contribution >= 0.6 is 0 Å². The molecule has 3 rings (SSSR count). The number of carbonyl (C=O) groups excluding carboxylic acids is 2. The number of nitrogens with zero attached hydrogens (tertiary/aromatic N) is 2. The van der Waals surface area contributed by atoms with Gasteiger partial charge in [-0.25, -0.2) is 8.42 Å². The number of hydrogen-bond acceptors (Lipinski definition) is 6. The van der Waals surface area contributed by atoms with E-state index < -0.39 is 28.5 Å². The molecule has 3 aromatic rings. The lowest BCUT2D eigenvalue weighted by Gasteiger charge is -2.33. The van der Waals surface area contributed by atoms with Crippen molar-refractivity contribution in [2.75, 3.05) is 25.1 Å². The van der Waals surface area contributed by atoms with E-state index in [4.69, 9.17) is 9.47 Å². The van der Waals surface area contributed by atoms with Crippen molar-refractivity contribution in [2.24, 2.45) is 0 Å². The third-order valence-electron chi connectivity index (χ3n) is 7.17. The fraction of sp³-hybridized carbons (Fsp3) is 0.375. The van der Waals surface area contributed by atoms with E-state index in [1.165, 1.54) is 24.1 Å². The standard InChI is InChI=1S/C32H41N3O6S/c1-8-24(4)33-32(37)25(5)34(20-26-12-14-27(40-6)15-13-26)31(36)21-35(29-19-23(3)11-18-30(29)41-7)42(38,39)28-16-9-22(2)10-17-28/h9-19,24-25H,8,20-21H2,1-7H3,(H,33,37). The van der Waals surface area contributed by atoms with Crippen molar-refractivity contribution in [3.63, 3.8) is 0 Å². The Kier molecular flexibility index (Phi) is 11.0. The molecule has 0 fully saturated rings. The summed E-state index contributed by atoms with van der Waals surface area (Å²) in [6.07, 6.45) is 0.723. The van der Waals surface area contributed by atoms with Crippen molar-refractivity contribution in [3.8, 4) is 11.5 Å². The van der Waals surface area contributed by atoms with Crippen LogP contribution in [0.2, 0.25) is 0 Å². The fourth-order valence-corrected chi connectivity index (χ4v) is 5.74. The Labute approximate surface area is 249 Å². The first-order chi connectivity index (χ1) is 19.9. The van der Waals surface area contributed by atoms with E-state index >= 15 is 0 Å². The molecule has 1 N–H and O–H groups in total. The molecule has 0 saturated carbocycles. The molecular formula is C32H41N3O6S. The Hall–Kier alpha value is -4.05. The number of hydrogen-bond donors (Lipinski definition) is 1. The smallest absolute Gasteiger partial charge is 0.264 e. The Morgan fingerprint density at radius 1 is 0.881 bits per heavy atom. The van der Waals surface area contributed by atoms with Crippen LogP contribution in [0, 0.1) is 13.8 Å². The van der Waals surface area contributed by atoms with Crippen LogP contribution in [-0.4, -0.2) is 58.0 Å². The highest BCUT2D eigenvalue weighted by atomic mass is 32.2. The maximum Gasteiger partial charge on any atom is 0.264 e. The van der Waals surface area contributed by atoms with Crippen molar-refractivity contribution < 1.29 is 27.5 Å². The Bertz CT molecular complexity index is 1470. The molecule has 226 valence electrons. The predicted molar refractivity (Wildman–Crippen MR) is 164 cm³/mol. The minimum Gasteiger partial charge on any atom is -0.497 e. The Morgan fingerprint density at radius 2 is 1.50 bits per heavy atom. The van der Waals surface area contributed by atoms with Crippen LogP contribution in [0.25, 0.3) is 0 Å². The summed E-state index contributed by atoms with van der Waals surface area (Å²) in [6, 6.07) is 17.8. The number of anilines is 1. The van der Waals surface area contributed by atoms with Gasteiger partial charge in [0.05, 0.1) is 24.8 Å². The van der Waals surface area contributed by atoms with E-state index in [1.54, 1.807) is 56.5 Å². The van der Waals surface area contributed by atoms with Crippen molar-refractivity contribution in [2.45, 2.75) is 64.6 Å². The maximum atomic E-state index is 14.1. The van der Waals surface area contributed by atoms with Gasteiger partial charge in [-0.3, -0.25) is 13.9 Å². The van der Waals surface area contributed by atoms with Gasteiger partial charge in [-0.2, -0.15) is 0 Å². The molecule has 0 aliphatic heterocycles. The molecule has 9 nitrogen and oxygen atoms in total. The molecule has 0 heterocycles. The van der Waals surface area contributed by atoms with E-state index in [1.807, 2.05) is 39.8 Å². The number of sulfonamides is 1. The molecule has 0 aromatic heterocycles. The zero-order valence-electron chi connectivity index (χ0n) is 25.4. The molecule has 0 spiro atoms. The van der Waals surface area contributed by atoms with Gasteiger partial charge in [-0.15, -0.1) is 0 Å². The third-order valence-corrected chi connectivity index (χ3v) is 8.95. The summed E-state index contributed by atoms with van der Waals surface area (Å²) in [5.74, 6) is 0.0820. The number of benzene rings is 3. The molecule has 3 aromatic carbocycles. The molecule has 10 heteroatoms. The minimum atomic E-state index is -4.21. The SMILES string of the molecule is CCC(C)NC(=O)C(C)N(Cc1ccc(OC)cc1)C(=O)CN(c1cc(C)ccc1OC)S(=O)(=O)c1ccc(C)cc1. The van der Waals surface area contributed by atoms with Crippen LogP contribution < -0.4 is 19.1 Å². The van der Waals surface area contributed by atoms with E-state index in [0.717, 1.165) is 27.4 Å². The summed E-state index contributed by atoms with van der Waals surface area (Å²) in [4.78, 5) is 28.8. The van der Waals surface area contributed by atoms with Gasteiger partial charge < -0.3 is 19.7 Å². The number of amides is 2. The molecule has 42 heavy (non-hydrogen) atoms. The van der Waals surface area contributed by atoms with E-state index in [9.17, 15) is 18.0 Å². The van der Waals surface area contributed by atoms with E-state index in [2.05, 4.69) is 5.32 Å². The number of rotatable bonds is 13. The number of aryl methyl sites for hydroxylation is 2. The number of ether oxygens (including phenoxy) is 2. The highest BCUT2D eigenvalue weighted by Crippen LogP contribution is 2.34. The lowest BCUT2D eigenvalue weighted by molar-refractivity contribution is -0.139. The Balaban J connectivity index is 2.09. The van der Waals surface area contributed by atoms with Crippen LogP contribution in [0.4, 0.5) is 5.69 Å². The van der Waals surface area contributed by atoms with Gasteiger partial charge in [0.25, 0.3) is 10.0 Å². The highest BCUT2D eigenvalue weighted by molar-refractivity contribution is 7.92. The summed E-state index contributed by atoms with van der Waals surface area (Å²) in [5, 5.41) is 2.94. The molecule has 0 radical (unpaired) electrons. The lowest BCUT2D eigenvalue weighted by Crippen LogP contribution is -2.52. The van der Waals surface area contributed by atoms with Crippen LogP contribution in [0.15, 0.2) is 71.6 Å². The molecule has 0 aliphatic carbocycles. The second-order valence-electron chi connectivity index (χ2n) is 10.4. The molecule has 0 saturated heterocycles. The number of methoxy groups -OCH3 is 2. The summed E-state index contributed by atoms with van der Waals surface area (Å²) < 4.78 is 40.1. The van der Waals surface area contributed by atoms with Crippen molar-refractivity contribution in [1.82, 2.24) is 10.2 Å².